The van der Waals surface area contributed by atoms with E-state index in [1.807, 2.05) is 13.0 Å². The second-order valence-corrected chi connectivity index (χ2v) is 6.63. The summed E-state index contributed by atoms with van der Waals surface area (Å²) in [6, 6.07) is 12.3. The van der Waals surface area contributed by atoms with E-state index in [0.717, 1.165) is 24.9 Å². The third kappa shape index (κ3) is 3.72. The van der Waals surface area contributed by atoms with Crippen LogP contribution in [0.15, 0.2) is 42.5 Å². The summed E-state index contributed by atoms with van der Waals surface area (Å²) in [4.78, 5) is 24.6. The lowest BCUT2D eigenvalue weighted by atomic mass is 10.1. The first-order valence-corrected chi connectivity index (χ1v) is 9.31. The van der Waals surface area contributed by atoms with E-state index < -0.39 is 0 Å². The minimum absolute atomic E-state index is 0.136. The molecule has 0 spiro atoms. The first-order chi connectivity index (χ1) is 13.6. The number of amides is 2. The number of hydrogen-bond donors (Lipinski definition) is 2. The normalized spacial score (nSPS) is 16.2. The van der Waals surface area contributed by atoms with Crippen molar-refractivity contribution in [3.63, 3.8) is 0 Å². The molecule has 0 radical (unpaired) electrons. The van der Waals surface area contributed by atoms with Crippen LogP contribution in [0.25, 0.3) is 11.0 Å². The molecule has 3 aromatic rings. The number of nitrogens with zero attached hydrogens (tertiary/aromatic N) is 3. The van der Waals surface area contributed by atoms with Gasteiger partial charge in [0.15, 0.2) is 0 Å². The van der Waals surface area contributed by atoms with E-state index in [4.69, 9.17) is 4.74 Å². The molecule has 1 saturated heterocycles. The minimum atomic E-state index is -0.375. The number of ether oxygens (including phenoxy) is 1. The van der Waals surface area contributed by atoms with Crippen LogP contribution < -0.4 is 10.6 Å². The molecule has 144 valence electrons. The molecule has 0 unspecified atom stereocenters. The van der Waals surface area contributed by atoms with Gasteiger partial charge in [-0.05, 0) is 62.2 Å². The third-order valence-corrected chi connectivity index (χ3v) is 4.71. The summed E-state index contributed by atoms with van der Waals surface area (Å²) >= 11 is 0. The van der Waals surface area contributed by atoms with Crippen LogP contribution in [0, 0.1) is 0 Å². The molecule has 1 atom stereocenters. The number of aryl methyl sites for hydroxylation is 1. The van der Waals surface area contributed by atoms with Crippen molar-refractivity contribution < 1.29 is 14.3 Å². The summed E-state index contributed by atoms with van der Waals surface area (Å²) < 4.78 is 7.15. The van der Waals surface area contributed by atoms with Crippen molar-refractivity contribution in [3.8, 4) is 0 Å². The van der Waals surface area contributed by atoms with E-state index in [1.165, 1.54) is 0 Å². The number of carbonyl (C=O) groups excluding carboxylic acids is 2. The molecule has 1 aromatic heterocycles. The van der Waals surface area contributed by atoms with Crippen molar-refractivity contribution in [2.45, 2.75) is 32.4 Å². The van der Waals surface area contributed by atoms with Gasteiger partial charge in [0.1, 0.15) is 11.6 Å². The molecule has 0 aliphatic carbocycles. The SMILES string of the molecule is CCn1nnc2cc(C(=O)Nc3ccc(NC(=O)[C@H]4CCCO4)cc3)ccc21. The number of rotatable bonds is 5. The summed E-state index contributed by atoms with van der Waals surface area (Å²) in [6.07, 6.45) is 1.28. The van der Waals surface area contributed by atoms with Crippen molar-refractivity contribution in [2.75, 3.05) is 17.2 Å². The number of fused-ring (bicyclic) bond motifs is 1. The number of hydrogen-bond acceptors (Lipinski definition) is 5. The molecule has 4 rings (SSSR count). The van der Waals surface area contributed by atoms with Gasteiger partial charge >= 0.3 is 0 Å². The maximum Gasteiger partial charge on any atom is 0.255 e. The molecule has 8 nitrogen and oxygen atoms in total. The van der Waals surface area contributed by atoms with Crippen LogP contribution in [0.1, 0.15) is 30.1 Å². The van der Waals surface area contributed by atoms with E-state index in [9.17, 15) is 9.59 Å². The van der Waals surface area contributed by atoms with Crippen LogP contribution >= 0.6 is 0 Å². The summed E-state index contributed by atoms with van der Waals surface area (Å²) in [5.74, 6) is -0.369. The number of nitrogens with one attached hydrogen (secondary N) is 2. The number of benzene rings is 2. The molecule has 1 aliphatic rings. The van der Waals surface area contributed by atoms with Gasteiger partial charge in [-0.3, -0.25) is 9.59 Å². The maximum atomic E-state index is 12.5. The standard InChI is InChI=1S/C20H21N5O3/c1-2-25-17-10-5-13(12-16(17)23-24-25)19(26)21-14-6-8-15(9-7-14)22-20(27)18-4-3-11-28-18/h5-10,12,18H,2-4,11H2,1H3,(H,21,26)(H,22,27)/t18-/m1/s1. The molecule has 1 fully saturated rings. The highest BCUT2D eigenvalue weighted by molar-refractivity contribution is 6.06. The second kappa shape index (κ2) is 7.77. The van der Waals surface area contributed by atoms with E-state index >= 15 is 0 Å². The van der Waals surface area contributed by atoms with E-state index in [0.29, 0.717) is 29.1 Å². The number of aromatic nitrogens is 3. The molecule has 28 heavy (non-hydrogen) atoms. The number of anilines is 2. The van der Waals surface area contributed by atoms with E-state index in [-0.39, 0.29) is 17.9 Å². The van der Waals surface area contributed by atoms with Crippen LogP contribution in [0.4, 0.5) is 11.4 Å². The Hall–Kier alpha value is -3.26. The summed E-state index contributed by atoms with van der Waals surface area (Å²) in [6.45, 7) is 3.34. The second-order valence-electron chi connectivity index (χ2n) is 6.63. The Bertz CT molecular complexity index is 1010. The number of carbonyl (C=O) groups is 2. The van der Waals surface area contributed by atoms with Crippen molar-refractivity contribution in [2.24, 2.45) is 0 Å². The molecular weight excluding hydrogens is 358 g/mol. The van der Waals surface area contributed by atoms with Gasteiger partial charge in [0.2, 0.25) is 0 Å². The monoisotopic (exact) mass is 379 g/mol. The van der Waals surface area contributed by atoms with Gasteiger partial charge in [0, 0.05) is 30.1 Å². The molecule has 8 heteroatoms. The lowest BCUT2D eigenvalue weighted by molar-refractivity contribution is -0.124. The molecule has 2 amide bonds. The van der Waals surface area contributed by atoms with E-state index in [1.54, 1.807) is 41.1 Å². The molecule has 2 aromatic carbocycles. The Balaban J connectivity index is 1.41. The Kier molecular flexibility index (Phi) is 5.03. The summed E-state index contributed by atoms with van der Waals surface area (Å²) in [5.41, 5.74) is 3.38. The summed E-state index contributed by atoms with van der Waals surface area (Å²) in [5, 5.41) is 13.8. The maximum absolute atomic E-state index is 12.5. The smallest absolute Gasteiger partial charge is 0.255 e. The van der Waals surface area contributed by atoms with Crippen molar-refractivity contribution >= 4 is 34.2 Å². The van der Waals surface area contributed by atoms with Gasteiger partial charge in [-0.2, -0.15) is 0 Å². The minimum Gasteiger partial charge on any atom is -0.368 e. The first kappa shape index (κ1) is 18.1. The predicted octanol–water partition coefficient (Wildman–Crippen LogP) is 2.82. The Morgan fingerprint density at radius 2 is 1.89 bits per heavy atom. The summed E-state index contributed by atoms with van der Waals surface area (Å²) in [7, 11) is 0. The molecule has 0 saturated carbocycles. The Morgan fingerprint density at radius 1 is 1.14 bits per heavy atom. The Labute approximate surface area is 161 Å². The highest BCUT2D eigenvalue weighted by Gasteiger charge is 2.23. The van der Waals surface area contributed by atoms with Gasteiger partial charge < -0.3 is 15.4 Å². The zero-order valence-electron chi connectivity index (χ0n) is 15.5. The quantitative estimate of drug-likeness (QED) is 0.710. The predicted molar refractivity (Wildman–Crippen MR) is 105 cm³/mol. The van der Waals surface area contributed by atoms with Crippen LogP contribution in [-0.2, 0) is 16.1 Å². The van der Waals surface area contributed by atoms with Crippen molar-refractivity contribution in [3.05, 3.63) is 48.0 Å². The van der Waals surface area contributed by atoms with Crippen LogP contribution in [-0.4, -0.2) is 39.5 Å². The molecule has 2 heterocycles. The average molecular weight is 379 g/mol. The zero-order chi connectivity index (χ0) is 19.5. The van der Waals surface area contributed by atoms with E-state index in [2.05, 4.69) is 20.9 Å². The molecule has 0 bridgehead atoms. The highest BCUT2D eigenvalue weighted by Crippen LogP contribution is 2.19. The average Bonchev–Trinajstić information content (AvgIpc) is 3.38. The third-order valence-electron chi connectivity index (χ3n) is 4.71. The highest BCUT2D eigenvalue weighted by atomic mass is 16.5. The zero-order valence-corrected chi connectivity index (χ0v) is 15.5. The van der Waals surface area contributed by atoms with Gasteiger partial charge in [-0.25, -0.2) is 4.68 Å². The topological polar surface area (TPSA) is 98.1 Å². The van der Waals surface area contributed by atoms with Gasteiger partial charge in [-0.15, -0.1) is 5.10 Å². The van der Waals surface area contributed by atoms with Crippen molar-refractivity contribution in [1.29, 1.82) is 0 Å². The lowest BCUT2D eigenvalue weighted by Crippen LogP contribution is -2.26. The molecular formula is C20H21N5O3. The van der Waals surface area contributed by atoms with Gasteiger partial charge in [-0.1, -0.05) is 5.21 Å². The Morgan fingerprint density at radius 3 is 2.57 bits per heavy atom. The van der Waals surface area contributed by atoms with Gasteiger partial charge in [0.05, 0.1) is 5.52 Å². The first-order valence-electron chi connectivity index (χ1n) is 9.31. The molecule has 1 aliphatic heterocycles. The fraction of sp³-hybridized carbons (Fsp3) is 0.300. The van der Waals surface area contributed by atoms with Crippen molar-refractivity contribution in [1.82, 2.24) is 15.0 Å². The van der Waals surface area contributed by atoms with Crippen LogP contribution in [0.3, 0.4) is 0 Å². The van der Waals surface area contributed by atoms with Crippen LogP contribution in [0.2, 0.25) is 0 Å². The fourth-order valence-electron chi connectivity index (χ4n) is 3.19. The van der Waals surface area contributed by atoms with Crippen LogP contribution in [0.5, 0.6) is 0 Å². The largest absolute Gasteiger partial charge is 0.368 e. The van der Waals surface area contributed by atoms with Gasteiger partial charge in [0.25, 0.3) is 11.8 Å². The lowest BCUT2D eigenvalue weighted by Gasteiger charge is -2.11. The fourth-order valence-corrected chi connectivity index (χ4v) is 3.19. The molecule has 2 N–H and O–H groups in total.